The molecule has 1 amide bonds. The van der Waals surface area contributed by atoms with Crippen molar-refractivity contribution in [3.05, 3.63) is 71.3 Å². The molecule has 0 aliphatic carbocycles. The van der Waals surface area contributed by atoms with Gasteiger partial charge in [-0.05, 0) is 36.8 Å². The minimum atomic E-state index is -0.887. The van der Waals surface area contributed by atoms with Gasteiger partial charge in [0.25, 0.3) is 5.91 Å². The van der Waals surface area contributed by atoms with Crippen LogP contribution in [0.25, 0.3) is 0 Å². The van der Waals surface area contributed by atoms with Gasteiger partial charge in [-0.3, -0.25) is 4.79 Å². The van der Waals surface area contributed by atoms with Crippen molar-refractivity contribution in [1.29, 1.82) is 5.26 Å². The van der Waals surface area contributed by atoms with Gasteiger partial charge in [-0.2, -0.15) is 5.26 Å². The summed E-state index contributed by atoms with van der Waals surface area (Å²) in [6, 6.07) is 17.6. The molecule has 0 aliphatic rings. The highest BCUT2D eigenvalue weighted by molar-refractivity contribution is 5.92. The van der Waals surface area contributed by atoms with Crippen molar-refractivity contribution in [2.45, 2.75) is 19.6 Å². The minimum absolute atomic E-state index is 0.277. The van der Waals surface area contributed by atoms with Gasteiger partial charge in [-0.15, -0.1) is 0 Å². The fraction of sp³-hybridized carbons (Fsp3) is 0.211. The number of esters is 1. The molecule has 0 saturated heterocycles. The number of benzene rings is 2. The van der Waals surface area contributed by atoms with Crippen LogP contribution in [0.3, 0.4) is 0 Å². The van der Waals surface area contributed by atoms with E-state index in [1.54, 1.807) is 14.0 Å². The second-order valence-electron chi connectivity index (χ2n) is 5.42. The molecule has 2 aromatic carbocycles. The molecule has 122 valence electrons. The lowest BCUT2D eigenvalue weighted by molar-refractivity contribution is -0.139. The molecule has 2 aromatic rings. The second kappa shape index (κ2) is 7.93. The lowest BCUT2D eigenvalue weighted by Gasteiger charge is -2.21. The van der Waals surface area contributed by atoms with Gasteiger partial charge in [0, 0.05) is 13.6 Å². The Hall–Kier alpha value is -3.13. The molecule has 2 rings (SSSR count). The van der Waals surface area contributed by atoms with Crippen LogP contribution in [-0.2, 0) is 16.1 Å². The number of carbonyl (C=O) groups is 2. The average molecular weight is 322 g/mol. The first-order valence-corrected chi connectivity index (χ1v) is 7.51. The maximum absolute atomic E-state index is 12.3. The average Bonchev–Trinajstić information content (AvgIpc) is 2.61. The standard InChI is InChI=1S/C19H18N2O3/c1-14(18(22)21(2)13-16-6-4-3-5-7-16)24-19(23)17-10-8-15(12-20)9-11-17/h3-11,14H,13H2,1-2H3/t14-/m0/s1. The number of ether oxygens (including phenoxy) is 1. The quantitative estimate of drug-likeness (QED) is 0.794. The van der Waals surface area contributed by atoms with Crippen molar-refractivity contribution >= 4 is 11.9 Å². The fourth-order valence-corrected chi connectivity index (χ4v) is 2.21. The van der Waals surface area contributed by atoms with E-state index in [1.807, 2.05) is 36.4 Å². The molecular weight excluding hydrogens is 304 g/mol. The van der Waals surface area contributed by atoms with E-state index in [0.717, 1.165) is 5.56 Å². The topological polar surface area (TPSA) is 70.4 Å². The first kappa shape index (κ1) is 17.2. The van der Waals surface area contributed by atoms with Gasteiger partial charge in [0.15, 0.2) is 6.10 Å². The molecule has 1 atom stereocenters. The van der Waals surface area contributed by atoms with E-state index in [2.05, 4.69) is 0 Å². The van der Waals surface area contributed by atoms with E-state index in [0.29, 0.717) is 17.7 Å². The molecule has 0 aliphatic heterocycles. The van der Waals surface area contributed by atoms with Crippen LogP contribution in [0.4, 0.5) is 0 Å². The maximum Gasteiger partial charge on any atom is 0.338 e. The number of amides is 1. The summed E-state index contributed by atoms with van der Waals surface area (Å²) in [5, 5.41) is 8.75. The third kappa shape index (κ3) is 4.43. The summed E-state index contributed by atoms with van der Waals surface area (Å²) in [7, 11) is 1.67. The van der Waals surface area contributed by atoms with E-state index < -0.39 is 12.1 Å². The Morgan fingerprint density at radius 3 is 2.33 bits per heavy atom. The molecule has 0 saturated carbocycles. The van der Waals surface area contributed by atoms with E-state index >= 15 is 0 Å². The van der Waals surface area contributed by atoms with Crippen molar-refractivity contribution < 1.29 is 14.3 Å². The number of rotatable bonds is 5. The largest absolute Gasteiger partial charge is 0.449 e. The van der Waals surface area contributed by atoms with Crippen LogP contribution in [0.15, 0.2) is 54.6 Å². The first-order chi connectivity index (χ1) is 11.5. The smallest absolute Gasteiger partial charge is 0.338 e. The summed E-state index contributed by atoms with van der Waals surface area (Å²) in [6.07, 6.45) is -0.887. The van der Waals surface area contributed by atoms with Crippen LogP contribution in [0.2, 0.25) is 0 Å². The minimum Gasteiger partial charge on any atom is -0.449 e. The number of hydrogen-bond acceptors (Lipinski definition) is 4. The molecule has 0 N–H and O–H groups in total. The highest BCUT2D eigenvalue weighted by Gasteiger charge is 2.22. The normalized spacial score (nSPS) is 11.2. The monoisotopic (exact) mass is 322 g/mol. The Morgan fingerprint density at radius 1 is 1.12 bits per heavy atom. The van der Waals surface area contributed by atoms with Gasteiger partial charge < -0.3 is 9.64 Å². The third-order valence-electron chi connectivity index (χ3n) is 3.52. The van der Waals surface area contributed by atoms with Crippen LogP contribution in [0.5, 0.6) is 0 Å². The Labute approximate surface area is 141 Å². The zero-order chi connectivity index (χ0) is 17.5. The van der Waals surface area contributed by atoms with Crippen molar-refractivity contribution in [2.75, 3.05) is 7.05 Å². The summed E-state index contributed by atoms with van der Waals surface area (Å²) < 4.78 is 5.22. The van der Waals surface area contributed by atoms with Gasteiger partial charge in [-0.25, -0.2) is 4.79 Å². The molecule has 0 spiro atoms. The SMILES string of the molecule is C[C@H](OC(=O)c1ccc(C#N)cc1)C(=O)N(C)Cc1ccccc1. The maximum atomic E-state index is 12.3. The molecule has 0 unspecified atom stereocenters. The molecule has 0 bridgehead atoms. The molecule has 24 heavy (non-hydrogen) atoms. The molecule has 0 heterocycles. The van der Waals surface area contributed by atoms with Gasteiger partial charge in [0.05, 0.1) is 17.2 Å². The van der Waals surface area contributed by atoms with Crippen LogP contribution >= 0.6 is 0 Å². The van der Waals surface area contributed by atoms with E-state index in [-0.39, 0.29) is 5.91 Å². The number of likely N-dealkylation sites (N-methyl/N-ethyl adjacent to an activating group) is 1. The number of nitriles is 1. The number of nitrogens with zero attached hydrogens (tertiary/aromatic N) is 2. The Balaban J connectivity index is 1.94. The molecule has 5 heteroatoms. The first-order valence-electron chi connectivity index (χ1n) is 7.51. The van der Waals surface area contributed by atoms with E-state index in [1.165, 1.54) is 29.2 Å². The summed E-state index contributed by atoms with van der Waals surface area (Å²) >= 11 is 0. The molecule has 0 fully saturated rings. The Bertz CT molecular complexity index is 748. The van der Waals surface area contributed by atoms with E-state index in [9.17, 15) is 9.59 Å². The lowest BCUT2D eigenvalue weighted by Crippen LogP contribution is -2.37. The summed E-state index contributed by atoms with van der Waals surface area (Å²) in [5.74, 6) is -0.866. The Kier molecular flexibility index (Phi) is 5.69. The molecule has 0 aromatic heterocycles. The second-order valence-corrected chi connectivity index (χ2v) is 5.42. The summed E-state index contributed by atoms with van der Waals surface area (Å²) in [4.78, 5) is 25.9. The van der Waals surface area contributed by atoms with Gasteiger partial charge in [-0.1, -0.05) is 30.3 Å². The highest BCUT2D eigenvalue weighted by atomic mass is 16.5. The lowest BCUT2D eigenvalue weighted by atomic mass is 10.1. The molecular formula is C19H18N2O3. The predicted octanol–water partition coefficient (Wildman–Crippen LogP) is 2.76. The van der Waals surface area contributed by atoms with Crippen molar-refractivity contribution in [2.24, 2.45) is 0 Å². The van der Waals surface area contributed by atoms with Crippen LogP contribution in [0, 0.1) is 11.3 Å². The molecule has 0 radical (unpaired) electrons. The zero-order valence-corrected chi connectivity index (χ0v) is 13.6. The van der Waals surface area contributed by atoms with Gasteiger partial charge in [0.2, 0.25) is 0 Å². The van der Waals surface area contributed by atoms with Crippen LogP contribution in [0.1, 0.15) is 28.4 Å². The Morgan fingerprint density at radius 2 is 1.75 bits per heavy atom. The van der Waals surface area contributed by atoms with Crippen molar-refractivity contribution in [3.8, 4) is 6.07 Å². The van der Waals surface area contributed by atoms with Crippen molar-refractivity contribution in [1.82, 2.24) is 4.90 Å². The fourth-order valence-electron chi connectivity index (χ4n) is 2.21. The van der Waals surface area contributed by atoms with Gasteiger partial charge in [0.1, 0.15) is 0 Å². The summed E-state index contributed by atoms with van der Waals surface area (Å²) in [5.41, 5.74) is 1.76. The zero-order valence-electron chi connectivity index (χ0n) is 13.6. The summed E-state index contributed by atoms with van der Waals surface area (Å²) in [6.45, 7) is 1.99. The van der Waals surface area contributed by atoms with Gasteiger partial charge >= 0.3 is 5.97 Å². The predicted molar refractivity (Wildman–Crippen MR) is 89.0 cm³/mol. The van der Waals surface area contributed by atoms with Crippen LogP contribution in [-0.4, -0.2) is 29.9 Å². The third-order valence-corrected chi connectivity index (χ3v) is 3.52. The van der Waals surface area contributed by atoms with E-state index in [4.69, 9.17) is 10.00 Å². The number of carbonyl (C=O) groups excluding carboxylic acids is 2. The van der Waals surface area contributed by atoms with Crippen molar-refractivity contribution in [3.63, 3.8) is 0 Å². The van der Waals surface area contributed by atoms with Crippen LogP contribution < -0.4 is 0 Å². The highest BCUT2D eigenvalue weighted by Crippen LogP contribution is 2.09. The molecule has 5 nitrogen and oxygen atoms in total. The number of hydrogen-bond donors (Lipinski definition) is 0.